The number of benzene rings is 2. The SMILES string of the molecule is CCCCCCCCC(C)(c1nc2ccccc2o1)n1nnc2ccccc21. The van der Waals surface area contributed by atoms with Crippen LogP contribution in [0, 0.1) is 0 Å². The van der Waals surface area contributed by atoms with Gasteiger partial charge in [0.25, 0.3) is 0 Å². The molecule has 1 atom stereocenters. The van der Waals surface area contributed by atoms with Gasteiger partial charge in [-0.25, -0.2) is 9.67 Å². The van der Waals surface area contributed by atoms with E-state index in [0.717, 1.165) is 35.0 Å². The normalized spacial score (nSPS) is 13.9. The number of oxazole rings is 1. The van der Waals surface area contributed by atoms with Crippen LogP contribution in [-0.4, -0.2) is 20.0 Å². The average molecular weight is 377 g/mol. The van der Waals surface area contributed by atoms with Crippen molar-refractivity contribution in [3.63, 3.8) is 0 Å². The Morgan fingerprint density at radius 3 is 2.43 bits per heavy atom. The molecule has 0 aliphatic rings. The molecule has 5 heteroatoms. The zero-order valence-corrected chi connectivity index (χ0v) is 16.8. The number of nitrogens with zero attached hydrogens (tertiary/aromatic N) is 4. The quantitative estimate of drug-likeness (QED) is 0.332. The van der Waals surface area contributed by atoms with Gasteiger partial charge in [0.2, 0.25) is 5.89 Å². The van der Waals surface area contributed by atoms with Gasteiger partial charge in [-0.15, -0.1) is 5.10 Å². The Bertz CT molecular complexity index is 1020. The van der Waals surface area contributed by atoms with Crippen LogP contribution in [0.15, 0.2) is 52.9 Å². The molecule has 0 N–H and O–H groups in total. The first-order chi connectivity index (χ1) is 13.7. The Balaban J connectivity index is 1.68. The van der Waals surface area contributed by atoms with Gasteiger partial charge < -0.3 is 4.42 Å². The first-order valence-corrected chi connectivity index (χ1v) is 10.4. The fourth-order valence-electron chi connectivity index (χ4n) is 3.89. The molecular weight excluding hydrogens is 348 g/mol. The maximum absolute atomic E-state index is 6.20. The number of rotatable bonds is 9. The van der Waals surface area contributed by atoms with Gasteiger partial charge in [0.15, 0.2) is 5.58 Å². The summed E-state index contributed by atoms with van der Waals surface area (Å²) in [7, 11) is 0. The van der Waals surface area contributed by atoms with Crippen LogP contribution in [0.1, 0.15) is 64.7 Å². The van der Waals surface area contributed by atoms with Crippen molar-refractivity contribution in [3.8, 4) is 0 Å². The van der Waals surface area contributed by atoms with E-state index in [1.165, 1.54) is 32.1 Å². The largest absolute Gasteiger partial charge is 0.438 e. The van der Waals surface area contributed by atoms with Crippen molar-refractivity contribution in [2.24, 2.45) is 0 Å². The second-order valence-electron chi connectivity index (χ2n) is 7.77. The van der Waals surface area contributed by atoms with Crippen LogP contribution in [0.25, 0.3) is 22.1 Å². The molecule has 0 fully saturated rings. The lowest BCUT2D eigenvalue weighted by atomic mass is 9.93. The Morgan fingerprint density at radius 1 is 0.893 bits per heavy atom. The smallest absolute Gasteiger partial charge is 0.223 e. The van der Waals surface area contributed by atoms with Crippen molar-refractivity contribution in [2.75, 3.05) is 0 Å². The molecule has 0 bridgehead atoms. The van der Waals surface area contributed by atoms with Crippen LogP contribution in [-0.2, 0) is 5.54 Å². The third-order valence-electron chi connectivity index (χ3n) is 5.59. The van der Waals surface area contributed by atoms with Crippen LogP contribution >= 0.6 is 0 Å². The molecule has 4 rings (SSSR count). The highest BCUT2D eigenvalue weighted by Gasteiger charge is 2.36. The van der Waals surface area contributed by atoms with Gasteiger partial charge in [0, 0.05) is 0 Å². The zero-order valence-electron chi connectivity index (χ0n) is 16.8. The van der Waals surface area contributed by atoms with Crippen LogP contribution in [0.3, 0.4) is 0 Å². The highest BCUT2D eigenvalue weighted by molar-refractivity contribution is 5.75. The summed E-state index contributed by atoms with van der Waals surface area (Å²) in [6.07, 6.45) is 8.40. The Kier molecular flexibility index (Phi) is 5.42. The monoisotopic (exact) mass is 376 g/mol. The van der Waals surface area contributed by atoms with E-state index in [1.807, 2.05) is 47.1 Å². The minimum atomic E-state index is -0.472. The fraction of sp³-hybridized carbons (Fsp3) is 0.435. The standard InChI is InChI=1S/C23H28N4O/c1-3-4-5-6-7-12-17-23(2,22-24-19-14-9-11-16-21(19)28-22)27-20-15-10-8-13-18(20)25-26-27/h8-11,13-16H,3-7,12,17H2,1-2H3. The van der Waals surface area contributed by atoms with Gasteiger partial charge in [0.1, 0.15) is 16.6 Å². The molecule has 146 valence electrons. The van der Waals surface area contributed by atoms with Gasteiger partial charge in [-0.2, -0.15) is 0 Å². The lowest BCUT2D eigenvalue weighted by Crippen LogP contribution is -2.33. The molecule has 0 radical (unpaired) electrons. The van der Waals surface area contributed by atoms with Crippen molar-refractivity contribution in [1.82, 2.24) is 20.0 Å². The minimum absolute atomic E-state index is 0.472. The van der Waals surface area contributed by atoms with E-state index in [-0.39, 0.29) is 0 Å². The number of hydrogen-bond acceptors (Lipinski definition) is 4. The van der Waals surface area contributed by atoms with Gasteiger partial charge in [-0.05, 0) is 37.6 Å². The first-order valence-electron chi connectivity index (χ1n) is 10.4. The van der Waals surface area contributed by atoms with Crippen LogP contribution < -0.4 is 0 Å². The van der Waals surface area contributed by atoms with Crippen LogP contribution in [0.2, 0.25) is 0 Å². The van der Waals surface area contributed by atoms with Crippen LogP contribution in [0.4, 0.5) is 0 Å². The topological polar surface area (TPSA) is 56.7 Å². The van der Waals surface area contributed by atoms with E-state index >= 15 is 0 Å². The van der Waals surface area contributed by atoms with Crippen molar-refractivity contribution < 1.29 is 4.42 Å². The van der Waals surface area contributed by atoms with Crippen LogP contribution in [0.5, 0.6) is 0 Å². The second-order valence-corrected chi connectivity index (χ2v) is 7.77. The predicted octanol–water partition coefficient (Wildman–Crippen LogP) is 6.09. The van der Waals surface area contributed by atoms with Crippen molar-refractivity contribution in [1.29, 1.82) is 0 Å². The summed E-state index contributed by atoms with van der Waals surface area (Å²) < 4.78 is 8.20. The molecule has 0 amide bonds. The van der Waals surface area contributed by atoms with Gasteiger partial charge in [0.05, 0.1) is 5.52 Å². The summed E-state index contributed by atoms with van der Waals surface area (Å²) in [6, 6.07) is 16.0. The fourth-order valence-corrected chi connectivity index (χ4v) is 3.89. The summed E-state index contributed by atoms with van der Waals surface area (Å²) >= 11 is 0. The van der Waals surface area contributed by atoms with Gasteiger partial charge in [-0.3, -0.25) is 0 Å². The van der Waals surface area contributed by atoms with Crippen molar-refractivity contribution >= 4 is 22.1 Å². The number of fused-ring (bicyclic) bond motifs is 2. The lowest BCUT2D eigenvalue weighted by Gasteiger charge is -2.27. The van der Waals surface area contributed by atoms with E-state index < -0.39 is 5.54 Å². The second kappa shape index (κ2) is 8.13. The molecule has 2 heterocycles. The van der Waals surface area contributed by atoms with Gasteiger partial charge >= 0.3 is 0 Å². The number of unbranched alkanes of at least 4 members (excludes halogenated alkanes) is 5. The van der Waals surface area contributed by atoms with E-state index in [4.69, 9.17) is 9.40 Å². The Hall–Kier alpha value is -2.69. The van der Waals surface area contributed by atoms with E-state index in [1.54, 1.807) is 0 Å². The summed E-state index contributed by atoms with van der Waals surface area (Å²) in [5.74, 6) is 0.706. The predicted molar refractivity (Wildman–Crippen MR) is 112 cm³/mol. The molecule has 0 saturated heterocycles. The molecular formula is C23H28N4O. The molecule has 2 aromatic carbocycles. The molecule has 1 unspecified atom stereocenters. The molecule has 2 aromatic heterocycles. The van der Waals surface area contributed by atoms with E-state index in [9.17, 15) is 0 Å². The minimum Gasteiger partial charge on any atom is -0.438 e. The molecule has 5 nitrogen and oxygen atoms in total. The Morgan fingerprint density at radius 2 is 1.61 bits per heavy atom. The third-order valence-corrected chi connectivity index (χ3v) is 5.59. The molecule has 0 aliphatic heterocycles. The number of para-hydroxylation sites is 3. The zero-order chi connectivity index (χ0) is 19.4. The molecule has 0 saturated carbocycles. The number of hydrogen-bond donors (Lipinski definition) is 0. The van der Waals surface area contributed by atoms with Gasteiger partial charge in [-0.1, -0.05) is 74.9 Å². The molecule has 0 aliphatic carbocycles. The average Bonchev–Trinajstić information content (AvgIpc) is 3.35. The van der Waals surface area contributed by atoms with E-state index in [2.05, 4.69) is 30.2 Å². The summed E-state index contributed by atoms with van der Waals surface area (Å²) in [4.78, 5) is 4.82. The highest BCUT2D eigenvalue weighted by Crippen LogP contribution is 2.35. The Labute approximate surface area is 165 Å². The van der Waals surface area contributed by atoms with Crippen molar-refractivity contribution in [2.45, 2.75) is 64.3 Å². The molecule has 4 aromatic rings. The maximum atomic E-state index is 6.20. The number of aromatic nitrogens is 4. The lowest BCUT2D eigenvalue weighted by molar-refractivity contribution is 0.256. The summed E-state index contributed by atoms with van der Waals surface area (Å²) in [5.41, 5.74) is 3.14. The maximum Gasteiger partial charge on any atom is 0.223 e. The molecule has 0 spiro atoms. The summed E-state index contributed by atoms with van der Waals surface area (Å²) in [6.45, 7) is 4.42. The summed E-state index contributed by atoms with van der Waals surface area (Å²) in [5, 5.41) is 8.89. The first kappa shape index (κ1) is 18.7. The van der Waals surface area contributed by atoms with E-state index in [0.29, 0.717) is 5.89 Å². The molecule has 28 heavy (non-hydrogen) atoms. The highest BCUT2D eigenvalue weighted by atomic mass is 16.4. The van der Waals surface area contributed by atoms with Crippen molar-refractivity contribution in [3.05, 3.63) is 54.4 Å². The third kappa shape index (κ3) is 3.53.